The maximum Gasteiger partial charge on any atom is 0.230 e. The van der Waals surface area contributed by atoms with E-state index in [1.165, 1.54) is 17.0 Å². The number of ether oxygens (including phenoxy) is 2. The molecular weight excluding hydrogens is 299 g/mol. The maximum atomic E-state index is 14.4. The number of pyridine rings is 1. The molecule has 0 radical (unpaired) electrons. The summed E-state index contributed by atoms with van der Waals surface area (Å²) in [7, 11) is 0. The molecule has 3 aromatic rings. The van der Waals surface area contributed by atoms with Crippen molar-refractivity contribution in [2.24, 2.45) is 0 Å². The van der Waals surface area contributed by atoms with Crippen LogP contribution in [-0.4, -0.2) is 26.8 Å². The number of aromatic nitrogens is 4. The SMILES string of the molecule is Fc1cc(C2=COCO2)ccc1-n1cc(-c2ccccn2)nn1. The first-order valence-electron chi connectivity index (χ1n) is 6.90. The zero-order valence-electron chi connectivity index (χ0n) is 11.9. The minimum Gasteiger partial charge on any atom is -0.461 e. The molecule has 0 atom stereocenters. The van der Waals surface area contributed by atoms with Crippen molar-refractivity contribution in [2.75, 3.05) is 6.79 Å². The van der Waals surface area contributed by atoms with E-state index in [1.807, 2.05) is 18.2 Å². The van der Waals surface area contributed by atoms with Crippen LogP contribution in [-0.2, 0) is 9.47 Å². The summed E-state index contributed by atoms with van der Waals surface area (Å²) in [4.78, 5) is 4.20. The summed E-state index contributed by atoms with van der Waals surface area (Å²) < 4.78 is 26.0. The first-order chi connectivity index (χ1) is 11.3. The Labute approximate surface area is 130 Å². The molecule has 0 unspecified atom stereocenters. The van der Waals surface area contributed by atoms with E-state index in [-0.39, 0.29) is 6.79 Å². The summed E-state index contributed by atoms with van der Waals surface area (Å²) in [6.45, 7) is 0.148. The van der Waals surface area contributed by atoms with Gasteiger partial charge in [0.2, 0.25) is 6.79 Å². The summed E-state index contributed by atoms with van der Waals surface area (Å²) in [6.07, 6.45) is 4.76. The Morgan fingerprint density at radius 2 is 2.09 bits per heavy atom. The minimum atomic E-state index is -0.434. The average Bonchev–Trinajstić information content (AvgIpc) is 3.27. The van der Waals surface area contributed by atoms with Crippen LogP contribution in [0, 0.1) is 5.82 Å². The minimum absolute atomic E-state index is 0.148. The zero-order valence-corrected chi connectivity index (χ0v) is 11.9. The van der Waals surface area contributed by atoms with Gasteiger partial charge in [-0.05, 0) is 30.3 Å². The molecule has 0 amide bonds. The van der Waals surface area contributed by atoms with Crippen molar-refractivity contribution in [1.82, 2.24) is 20.0 Å². The smallest absolute Gasteiger partial charge is 0.230 e. The van der Waals surface area contributed by atoms with E-state index >= 15 is 0 Å². The third kappa shape index (κ3) is 2.52. The molecule has 114 valence electrons. The van der Waals surface area contributed by atoms with Crippen LogP contribution in [0.5, 0.6) is 0 Å². The number of hydrogen-bond donors (Lipinski definition) is 0. The molecule has 1 aromatic carbocycles. The zero-order chi connectivity index (χ0) is 15.6. The molecule has 0 saturated heterocycles. The van der Waals surface area contributed by atoms with Crippen molar-refractivity contribution < 1.29 is 13.9 Å². The number of hydrogen-bond acceptors (Lipinski definition) is 5. The Hall–Kier alpha value is -3.22. The summed E-state index contributed by atoms with van der Waals surface area (Å²) in [6, 6.07) is 10.2. The van der Waals surface area contributed by atoms with Crippen LogP contribution >= 0.6 is 0 Å². The average molecular weight is 310 g/mol. The second-order valence-electron chi connectivity index (χ2n) is 4.84. The van der Waals surface area contributed by atoms with Crippen molar-refractivity contribution in [1.29, 1.82) is 0 Å². The number of halogens is 1. The van der Waals surface area contributed by atoms with E-state index in [0.717, 1.165) is 0 Å². The summed E-state index contributed by atoms with van der Waals surface area (Å²) in [5.41, 5.74) is 2.15. The molecule has 23 heavy (non-hydrogen) atoms. The molecule has 0 aliphatic carbocycles. The molecule has 2 aromatic heterocycles. The second-order valence-corrected chi connectivity index (χ2v) is 4.84. The summed E-state index contributed by atoms with van der Waals surface area (Å²) >= 11 is 0. The monoisotopic (exact) mass is 310 g/mol. The van der Waals surface area contributed by atoms with Crippen LogP contribution < -0.4 is 0 Å². The largest absolute Gasteiger partial charge is 0.461 e. The number of rotatable bonds is 3. The standard InChI is InChI=1S/C16H11FN4O2/c17-12-7-11(16-9-22-10-23-16)4-5-15(12)21-8-14(19-20-21)13-3-1-2-6-18-13/h1-9H,10H2. The Balaban J connectivity index is 1.67. The molecule has 0 fully saturated rings. The van der Waals surface area contributed by atoms with Crippen molar-refractivity contribution >= 4 is 5.76 Å². The Morgan fingerprint density at radius 1 is 1.13 bits per heavy atom. The highest BCUT2D eigenvalue weighted by Crippen LogP contribution is 2.24. The van der Waals surface area contributed by atoms with E-state index < -0.39 is 5.82 Å². The van der Waals surface area contributed by atoms with Crippen LogP contribution in [0.1, 0.15) is 5.56 Å². The van der Waals surface area contributed by atoms with Gasteiger partial charge in [0, 0.05) is 11.8 Å². The predicted molar refractivity (Wildman–Crippen MR) is 79.6 cm³/mol. The molecule has 0 saturated carbocycles. The molecular formula is C16H11FN4O2. The van der Waals surface area contributed by atoms with Crippen LogP contribution in [0.25, 0.3) is 22.8 Å². The lowest BCUT2D eigenvalue weighted by atomic mass is 10.1. The van der Waals surface area contributed by atoms with E-state index in [4.69, 9.17) is 9.47 Å². The molecule has 0 N–H and O–H groups in total. The van der Waals surface area contributed by atoms with E-state index in [2.05, 4.69) is 15.3 Å². The van der Waals surface area contributed by atoms with Gasteiger partial charge in [-0.15, -0.1) is 5.10 Å². The molecule has 3 heterocycles. The molecule has 4 rings (SSSR count). The predicted octanol–water partition coefficient (Wildman–Crippen LogP) is 2.77. The van der Waals surface area contributed by atoms with E-state index in [0.29, 0.717) is 28.4 Å². The molecule has 1 aliphatic heterocycles. The van der Waals surface area contributed by atoms with Gasteiger partial charge < -0.3 is 9.47 Å². The molecule has 6 nitrogen and oxygen atoms in total. The van der Waals surface area contributed by atoms with Crippen LogP contribution in [0.4, 0.5) is 4.39 Å². The maximum absolute atomic E-state index is 14.4. The van der Waals surface area contributed by atoms with Gasteiger partial charge in [-0.1, -0.05) is 11.3 Å². The molecule has 0 bridgehead atoms. The van der Waals surface area contributed by atoms with Gasteiger partial charge in [0.1, 0.15) is 23.5 Å². The van der Waals surface area contributed by atoms with Crippen LogP contribution in [0.2, 0.25) is 0 Å². The summed E-state index contributed by atoms with van der Waals surface area (Å²) in [5, 5.41) is 8.00. The van der Waals surface area contributed by atoms with Crippen molar-refractivity contribution in [3.63, 3.8) is 0 Å². The second kappa shape index (κ2) is 5.53. The van der Waals surface area contributed by atoms with Gasteiger partial charge in [-0.25, -0.2) is 9.07 Å². The highest BCUT2D eigenvalue weighted by atomic mass is 19.1. The lowest BCUT2D eigenvalue weighted by Gasteiger charge is -2.05. The number of nitrogens with zero attached hydrogens (tertiary/aromatic N) is 4. The van der Waals surface area contributed by atoms with Crippen LogP contribution in [0.3, 0.4) is 0 Å². The lowest BCUT2D eigenvalue weighted by Crippen LogP contribution is -1.99. The molecule has 0 spiro atoms. The summed E-state index contributed by atoms with van der Waals surface area (Å²) in [5.74, 6) is 0.0691. The van der Waals surface area contributed by atoms with Gasteiger partial charge in [0.25, 0.3) is 0 Å². The highest BCUT2D eigenvalue weighted by Gasteiger charge is 2.14. The molecule has 1 aliphatic rings. The third-order valence-electron chi connectivity index (χ3n) is 3.37. The van der Waals surface area contributed by atoms with Crippen LogP contribution in [0.15, 0.2) is 55.1 Å². The first kappa shape index (κ1) is 13.4. The van der Waals surface area contributed by atoms with Gasteiger partial charge in [0.05, 0.1) is 11.9 Å². The fourth-order valence-corrected chi connectivity index (χ4v) is 2.25. The Bertz CT molecular complexity index is 877. The van der Waals surface area contributed by atoms with Gasteiger partial charge in [0.15, 0.2) is 5.76 Å². The first-order valence-corrected chi connectivity index (χ1v) is 6.90. The Kier molecular flexibility index (Phi) is 3.23. The van der Waals surface area contributed by atoms with Gasteiger partial charge in [-0.3, -0.25) is 4.98 Å². The Morgan fingerprint density at radius 3 is 2.83 bits per heavy atom. The third-order valence-corrected chi connectivity index (χ3v) is 3.37. The fourth-order valence-electron chi connectivity index (χ4n) is 2.25. The quantitative estimate of drug-likeness (QED) is 0.744. The lowest BCUT2D eigenvalue weighted by molar-refractivity contribution is 0.100. The fraction of sp³-hybridized carbons (Fsp3) is 0.0625. The normalized spacial score (nSPS) is 13.3. The van der Waals surface area contributed by atoms with Crippen molar-refractivity contribution in [3.05, 3.63) is 66.4 Å². The highest BCUT2D eigenvalue weighted by molar-refractivity contribution is 5.61. The topological polar surface area (TPSA) is 62.1 Å². The molecule has 7 heteroatoms. The van der Waals surface area contributed by atoms with Crippen molar-refractivity contribution in [2.45, 2.75) is 0 Å². The number of benzene rings is 1. The van der Waals surface area contributed by atoms with Gasteiger partial charge >= 0.3 is 0 Å². The van der Waals surface area contributed by atoms with Crippen molar-refractivity contribution in [3.8, 4) is 17.1 Å². The van der Waals surface area contributed by atoms with E-state index in [9.17, 15) is 4.39 Å². The van der Waals surface area contributed by atoms with E-state index in [1.54, 1.807) is 24.5 Å². The van der Waals surface area contributed by atoms with Gasteiger partial charge in [-0.2, -0.15) is 0 Å².